The van der Waals surface area contributed by atoms with Crippen LogP contribution in [0, 0.1) is 17.8 Å². The molecule has 2 aliphatic carbocycles. The fourth-order valence-corrected chi connectivity index (χ4v) is 4.46. The smallest absolute Gasteiger partial charge is 0.225 e. The second kappa shape index (κ2) is 5.86. The normalized spacial score (nSPS) is 38.6. The fourth-order valence-electron chi connectivity index (χ4n) is 4.46. The standard InChI is InChI=1S/C16H29N3O2/c1-16(2)10-21-8-7-19(16)6-5-18-15(20)13-11-3-4-12(9-11)14(13)17/h11-14H,3-10,17H2,1-2H3,(H,18,20). The van der Waals surface area contributed by atoms with E-state index < -0.39 is 0 Å². The van der Waals surface area contributed by atoms with Gasteiger partial charge in [-0.3, -0.25) is 9.69 Å². The van der Waals surface area contributed by atoms with Crippen LogP contribution in [0.15, 0.2) is 0 Å². The molecule has 5 heteroatoms. The van der Waals surface area contributed by atoms with Gasteiger partial charge in [0, 0.05) is 31.2 Å². The molecule has 5 nitrogen and oxygen atoms in total. The van der Waals surface area contributed by atoms with E-state index >= 15 is 0 Å². The van der Waals surface area contributed by atoms with Gasteiger partial charge in [0.1, 0.15) is 0 Å². The number of carbonyl (C=O) groups is 1. The van der Waals surface area contributed by atoms with Gasteiger partial charge in [0.2, 0.25) is 5.91 Å². The van der Waals surface area contributed by atoms with Gasteiger partial charge in [-0.1, -0.05) is 0 Å². The average Bonchev–Trinajstić information content (AvgIpc) is 3.01. The molecule has 3 rings (SSSR count). The summed E-state index contributed by atoms with van der Waals surface area (Å²) in [5, 5.41) is 3.12. The van der Waals surface area contributed by atoms with E-state index in [0.717, 1.165) is 32.7 Å². The second-order valence-electron chi connectivity index (χ2n) is 7.58. The van der Waals surface area contributed by atoms with E-state index in [4.69, 9.17) is 10.5 Å². The van der Waals surface area contributed by atoms with Crippen molar-refractivity contribution >= 4 is 5.91 Å². The molecule has 2 saturated carbocycles. The molecule has 120 valence electrons. The third-order valence-corrected chi connectivity index (χ3v) is 5.78. The number of carbonyl (C=O) groups excluding carboxylic acids is 1. The first-order valence-electron chi connectivity index (χ1n) is 8.35. The van der Waals surface area contributed by atoms with Gasteiger partial charge in [0.15, 0.2) is 0 Å². The Labute approximate surface area is 127 Å². The lowest BCUT2D eigenvalue weighted by atomic mass is 9.84. The molecule has 1 amide bonds. The molecule has 4 unspecified atom stereocenters. The number of nitrogens with zero attached hydrogens (tertiary/aromatic N) is 1. The molecule has 3 fully saturated rings. The SMILES string of the molecule is CC1(C)COCCN1CCNC(=O)C1C2CCC(C2)C1N. The highest BCUT2D eigenvalue weighted by Crippen LogP contribution is 2.47. The Kier molecular flexibility index (Phi) is 4.26. The molecule has 4 atom stereocenters. The third-order valence-electron chi connectivity index (χ3n) is 5.78. The summed E-state index contributed by atoms with van der Waals surface area (Å²) in [6, 6.07) is 0.0866. The molecular weight excluding hydrogens is 266 g/mol. The van der Waals surface area contributed by atoms with Crippen molar-refractivity contribution in [3.05, 3.63) is 0 Å². The van der Waals surface area contributed by atoms with Gasteiger partial charge in [-0.15, -0.1) is 0 Å². The molecule has 0 aromatic heterocycles. The van der Waals surface area contributed by atoms with Crippen molar-refractivity contribution in [3.63, 3.8) is 0 Å². The summed E-state index contributed by atoms with van der Waals surface area (Å²) in [7, 11) is 0. The van der Waals surface area contributed by atoms with Gasteiger partial charge in [0.25, 0.3) is 0 Å². The summed E-state index contributed by atoms with van der Waals surface area (Å²) in [6.07, 6.45) is 3.57. The quantitative estimate of drug-likeness (QED) is 0.796. The topological polar surface area (TPSA) is 67.6 Å². The number of amides is 1. The minimum absolute atomic E-state index is 0.0569. The van der Waals surface area contributed by atoms with Crippen molar-refractivity contribution in [3.8, 4) is 0 Å². The molecule has 3 N–H and O–H groups in total. The largest absolute Gasteiger partial charge is 0.378 e. The number of hydrogen-bond donors (Lipinski definition) is 2. The Balaban J connectivity index is 1.46. The lowest BCUT2D eigenvalue weighted by Gasteiger charge is -2.42. The Morgan fingerprint density at radius 1 is 1.38 bits per heavy atom. The molecule has 1 aliphatic heterocycles. The van der Waals surface area contributed by atoms with E-state index in [9.17, 15) is 4.79 Å². The average molecular weight is 295 g/mol. The molecule has 0 radical (unpaired) electrons. The fraction of sp³-hybridized carbons (Fsp3) is 0.938. The van der Waals surface area contributed by atoms with Crippen LogP contribution >= 0.6 is 0 Å². The zero-order chi connectivity index (χ0) is 15.0. The predicted molar refractivity (Wildman–Crippen MR) is 81.8 cm³/mol. The summed E-state index contributed by atoms with van der Waals surface area (Å²) >= 11 is 0. The number of hydrogen-bond acceptors (Lipinski definition) is 4. The summed E-state index contributed by atoms with van der Waals surface area (Å²) in [6.45, 7) is 8.48. The number of nitrogens with one attached hydrogen (secondary N) is 1. The summed E-state index contributed by atoms with van der Waals surface area (Å²) in [5.74, 6) is 1.36. The van der Waals surface area contributed by atoms with Crippen LogP contribution in [0.3, 0.4) is 0 Å². The number of ether oxygens (including phenoxy) is 1. The predicted octanol–water partition coefficient (Wildman–Crippen LogP) is 0.587. The van der Waals surface area contributed by atoms with Gasteiger partial charge >= 0.3 is 0 Å². The lowest BCUT2D eigenvalue weighted by molar-refractivity contribution is -0.127. The molecule has 21 heavy (non-hydrogen) atoms. The Morgan fingerprint density at radius 2 is 2.14 bits per heavy atom. The maximum Gasteiger partial charge on any atom is 0.225 e. The third kappa shape index (κ3) is 2.96. The first-order chi connectivity index (χ1) is 9.99. The monoisotopic (exact) mass is 295 g/mol. The van der Waals surface area contributed by atoms with Crippen LogP contribution in [0.4, 0.5) is 0 Å². The number of morpholine rings is 1. The van der Waals surface area contributed by atoms with Crippen molar-refractivity contribution in [1.29, 1.82) is 0 Å². The first-order valence-corrected chi connectivity index (χ1v) is 8.35. The van der Waals surface area contributed by atoms with E-state index in [0.29, 0.717) is 18.4 Å². The van der Waals surface area contributed by atoms with Crippen molar-refractivity contribution in [2.45, 2.75) is 44.7 Å². The maximum atomic E-state index is 12.4. The number of rotatable bonds is 4. The maximum absolute atomic E-state index is 12.4. The van der Waals surface area contributed by atoms with Crippen LogP contribution in [0.2, 0.25) is 0 Å². The first kappa shape index (κ1) is 15.3. The molecule has 0 spiro atoms. The molecule has 2 bridgehead atoms. The Bertz CT molecular complexity index is 397. The van der Waals surface area contributed by atoms with Crippen molar-refractivity contribution < 1.29 is 9.53 Å². The van der Waals surface area contributed by atoms with E-state index in [1.165, 1.54) is 12.8 Å². The van der Waals surface area contributed by atoms with Crippen LogP contribution < -0.4 is 11.1 Å². The summed E-state index contributed by atoms with van der Waals surface area (Å²) in [5.41, 5.74) is 6.30. The molecule has 0 aromatic carbocycles. The Hall–Kier alpha value is -0.650. The van der Waals surface area contributed by atoms with Crippen LogP contribution in [0.5, 0.6) is 0 Å². The van der Waals surface area contributed by atoms with E-state index in [2.05, 4.69) is 24.1 Å². The molecule has 3 aliphatic rings. The molecule has 1 heterocycles. The van der Waals surface area contributed by atoms with Crippen molar-refractivity contribution in [2.75, 3.05) is 32.8 Å². The number of fused-ring (bicyclic) bond motifs is 2. The zero-order valence-corrected chi connectivity index (χ0v) is 13.3. The van der Waals surface area contributed by atoms with Gasteiger partial charge in [-0.05, 0) is 44.9 Å². The highest BCUT2D eigenvalue weighted by molar-refractivity contribution is 5.80. The van der Waals surface area contributed by atoms with Crippen molar-refractivity contribution in [1.82, 2.24) is 10.2 Å². The van der Waals surface area contributed by atoms with Crippen molar-refractivity contribution in [2.24, 2.45) is 23.5 Å². The van der Waals surface area contributed by atoms with Gasteiger partial charge < -0.3 is 15.8 Å². The number of nitrogens with two attached hydrogens (primary N) is 1. The van der Waals surface area contributed by atoms with Gasteiger partial charge in [-0.2, -0.15) is 0 Å². The second-order valence-corrected chi connectivity index (χ2v) is 7.58. The summed E-state index contributed by atoms with van der Waals surface area (Å²) in [4.78, 5) is 14.8. The van der Waals surface area contributed by atoms with Gasteiger partial charge in [-0.25, -0.2) is 0 Å². The van der Waals surface area contributed by atoms with Crippen LogP contribution in [-0.2, 0) is 9.53 Å². The Morgan fingerprint density at radius 3 is 2.81 bits per heavy atom. The molecule has 1 saturated heterocycles. The summed E-state index contributed by atoms with van der Waals surface area (Å²) < 4.78 is 5.53. The van der Waals surface area contributed by atoms with Crippen LogP contribution in [0.1, 0.15) is 33.1 Å². The van der Waals surface area contributed by atoms with E-state index in [-0.39, 0.29) is 23.4 Å². The minimum atomic E-state index is 0.0569. The molecule has 0 aromatic rings. The van der Waals surface area contributed by atoms with Gasteiger partial charge in [0.05, 0.1) is 19.1 Å². The highest BCUT2D eigenvalue weighted by Gasteiger charge is 2.48. The minimum Gasteiger partial charge on any atom is -0.378 e. The lowest BCUT2D eigenvalue weighted by Crippen LogP contribution is -2.55. The van der Waals surface area contributed by atoms with E-state index in [1.54, 1.807) is 0 Å². The zero-order valence-electron chi connectivity index (χ0n) is 13.3. The van der Waals surface area contributed by atoms with Crippen LogP contribution in [0.25, 0.3) is 0 Å². The highest BCUT2D eigenvalue weighted by atomic mass is 16.5. The van der Waals surface area contributed by atoms with E-state index in [1.807, 2.05) is 0 Å². The van der Waals surface area contributed by atoms with Crippen LogP contribution in [-0.4, -0.2) is 55.2 Å². The molecular formula is C16H29N3O2.